The third kappa shape index (κ3) is 4.05. The smallest absolute Gasteiger partial charge is 0.313 e. The van der Waals surface area contributed by atoms with Crippen LogP contribution in [0.15, 0.2) is 30.4 Å². The fraction of sp³-hybridized carbons (Fsp3) is 0.500. The van der Waals surface area contributed by atoms with Gasteiger partial charge in [-0.3, -0.25) is 0 Å². The molecule has 0 spiro atoms. The van der Waals surface area contributed by atoms with Gasteiger partial charge >= 0.3 is 5.95 Å². The fourth-order valence-corrected chi connectivity index (χ4v) is 1.97. The molecule has 1 aromatic carbocycles. The molecule has 0 aliphatic carbocycles. The molecular formula is C16H22O6. The molecule has 0 radical (unpaired) electrons. The summed E-state index contributed by atoms with van der Waals surface area (Å²) in [4.78, 5) is 0. The van der Waals surface area contributed by atoms with E-state index in [1.807, 2.05) is 6.07 Å². The van der Waals surface area contributed by atoms with E-state index in [0.717, 1.165) is 11.8 Å². The Morgan fingerprint density at radius 2 is 1.91 bits per heavy atom. The molecule has 1 N–H and O–H groups in total. The second kappa shape index (κ2) is 6.89. The van der Waals surface area contributed by atoms with Gasteiger partial charge in [0.15, 0.2) is 24.1 Å². The van der Waals surface area contributed by atoms with Crippen molar-refractivity contribution in [1.82, 2.24) is 0 Å². The van der Waals surface area contributed by atoms with Crippen LogP contribution in [0.1, 0.15) is 25.7 Å². The summed E-state index contributed by atoms with van der Waals surface area (Å²) in [5.74, 6) is 0.632. The molecule has 0 unspecified atom stereocenters. The Bertz CT molecular complexity index is 527. The molecule has 6 nitrogen and oxygen atoms in total. The highest BCUT2D eigenvalue weighted by Crippen LogP contribution is 2.35. The van der Waals surface area contributed by atoms with Crippen LogP contribution in [0.25, 0.3) is 0 Å². The average Bonchev–Trinajstić information content (AvgIpc) is 2.52. The Hall–Kier alpha value is -1.92. The van der Waals surface area contributed by atoms with Gasteiger partial charge < -0.3 is 28.8 Å². The fourth-order valence-electron chi connectivity index (χ4n) is 1.97. The first-order chi connectivity index (χ1) is 10.4. The van der Waals surface area contributed by atoms with Crippen molar-refractivity contribution < 1.29 is 28.8 Å². The standard InChI is InChI=1S/C16H22O6/c1-16(2)9-21-15(22-10-16)11-5-6-12(13(7-11)18-3)20-8-14(17)19-4/h5-8,15,17H,9-10H2,1-4H3/b14-8-. The summed E-state index contributed by atoms with van der Waals surface area (Å²) < 4.78 is 26.7. The number of rotatable bonds is 5. The molecule has 1 fully saturated rings. The molecule has 0 bridgehead atoms. The van der Waals surface area contributed by atoms with Gasteiger partial charge in [0.25, 0.3) is 0 Å². The van der Waals surface area contributed by atoms with Crippen LogP contribution < -0.4 is 9.47 Å². The van der Waals surface area contributed by atoms with Crippen molar-refractivity contribution in [1.29, 1.82) is 0 Å². The Morgan fingerprint density at radius 1 is 1.23 bits per heavy atom. The van der Waals surface area contributed by atoms with Gasteiger partial charge in [0.1, 0.15) is 0 Å². The summed E-state index contributed by atoms with van der Waals surface area (Å²) in [5, 5.41) is 9.22. The molecule has 2 rings (SSSR count). The third-order valence-corrected chi connectivity index (χ3v) is 3.21. The van der Waals surface area contributed by atoms with Crippen molar-refractivity contribution in [3.8, 4) is 11.5 Å². The molecule has 1 aromatic rings. The van der Waals surface area contributed by atoms with Crippen molar-refractivity contribution in [2.45, 2.75) is 20.1 Å². The van der Waals surface area contributed by atoms with E-state index in [1.165, 1.54) is 14.2 Å². The van der Waals surface area contributed by atoms with Crippen molar-refractivity contribution >= 4 is 0 Å². The number of hydrogen-bond donors (Lipinski definition) is 1. The first-order valence-electron chi connectivity index (χ1n) is 6.96. The predicted octanol–water partition coefficient (Wildman–Crippen LogP) is 3.15. The van der Waals surface area contributed by atoms with Gasteiger partial charge in [-0.05, 0) is 18.2 Å². The summed E-state index contributed by atoms with van der Waals surface area (Å²) in [7, 11) is 2.88. The van der Waals surface area contributed by atoms with Gasteiger partial charge in [-0.15, -0.1) is 0 Å². The molecule has 0 aromatic heterocycles. The van der Waals surface area contributed by atoms with Gasteiger partial charge in [0, 0.05) is 11.0 Å². The van der Waals surface area contributed by atoms with Crippen LogP contribution in [0.3, 0.4) is 0 Å². The van der Waals surface area contributed by atoms with E-state index >= 15 is 0 Å². The van der Waals surface area contributed by atoms with Gasteiger partial charge in [-0.25, -0.2) is 0 Å². The molecule has 1 aliphatic heterocycles. The lowest BCUT2D eigenvalue weighted by Crippen LogP contribution is -2.33. The molecule has 6 heteroatoms. The summed E-state index contributed by atoms with van der Waals surface area (Å²) in [6, 6.07) is 5.34. The second-order valence-corrected chi connectivity index (χ2v) is 5.81. The molecule has 22 heavy (non-hydrogen) atoms. The number of aliphatic hydroxyl groups excluding tert-OH is 1. The number of aliphatic hydroxyl groups is 1. The molecule has 0 amide bonds. The first-order valence-corrected chi connectivity index (χ1v) is 6.96. The lowest BCUT2D eigenvalue weighted by Gasteiger charge is -2.34. The monoisotopic (exact) mass is 310 g/mol. The van der Waals surface area contributed by atoms with Crippen LogP contribution in [0.4, 0.5) is 0 Å². The zero-order valence-electron chi connectivity index (χ0n) is 13.3. The van der Waals surface area contributed by atoms with Crippen LogP contribution in [0, 0.1) is 5.41 Å². The zero-order valence-corrected chi connectivity index (χ0v) is 13.3. The minimum Gasteiger partial charge on any atom is -0.493 e. The second-order valence-electron chi connectivity index (χ2n) is 5.81. The maximum absolute atomic E-state index is 9.22. The topological polar surface area (TPSA) is 66.4 Å². The highest BCUT2D eigenvalue weighted by molar-refractivity contribution is 5.43. The molecule has 1 aliphatic rings. The Balaban J connectivity index is 2.12. The predicted molar refractivity (Wildman–Crippen MR) is 79.8 cm³/mol. The normalized spacial score (nSPS) is 18.8. The third-order valence-electron chi connectivity index (χ3n) is 3.21. The Morgan fingerprint density at radius 3 is 2.50 bits per heavy atom. The lowest BCUT2D eigenvalue weighted by atomic mass is 9.95. The maximum Gasteiger partial charge on any atom is 0.313 e. The van der Waals surface area contributed by atoms with E-state index in [0.29, 0.717) is 24.7 Å². The number of ether oxygens (including phenoxy) is 5. The van der Waals surface area contributed by atoms with Crippen molar-refractivity contribution in [3.63, 3.8) is 0 Å². The number of methoxy groups -OCH3 is 2. The van der Waals surface area contributed by atoms with Gasteiger partial charge in [-0.1, -0.05) is 13.8 Å². The summed E-state index contributed by atoms with van der Waals surface area (Å²) in [6.45, 7) is 5.44. The maximum atomic E-state index is 9.22. The van der Waals surface area contributed by atoms with Crippen LogP contribution >= 0.6 is 0 Å². The number of benzene rings is 1. The highest BCUT2D eigenvalue weighted by Gasteiger charge is 2.29. The van der Waals surface area contributed by atoms with E-state index in [2.05, 4.69) is 18.6 Å². The van der Waals surface area contributed by atoms with Gasteiger partial charge in [-0.2, -0.15) is 0 Å². The summed E-state index contributed by atoms with van der Waals surface area (Å²) >= 11 is 0. The van der Waals surface area contributed by atoms with Crippen molar-refractivity contribution in [2.24, 2.45) is 5.41 Å². The molecule has 0 atom stereocenters. The zero-order chi connectivity index (χ0) is 16.2. The van der Waals surface area contributed by atoms with Crippen LogP contribution in [0.2, 0.25) is 0 Å². The van der Waals surface area contributed by atoms with Gasteiger partial charge in [0.2, 0.25) is 0 Å². The van der Waals surface area contributed by atoms with E-state index < -0.39 is 6.29 Å². The van der Waals surface area contributed by atoms with Crippen LogP contribution in [-0.4, -0.2) is 32.5 Å². The largest absolute Gasteiger partial charge is 0.493 e. The van der Waals surface area contributed by atoms with Crippen LogP contribution in [0.5, 0.6) is 11.5 Å². The number of hydrogen-bond acceptors (Lipinski definition) is 6. The highest BCUT2D eigenvalue weighted by atomic mass is 16.7. The van der Waals surface area contributed by atoms with Gasteiger partial charge in [0.05, 0.1) is 27.4 Å². The lowest BCUT2D eigenvalue weighted by molar-refractivity contribution is -0.226. The SMILES string of the molecule is CO/C(O)=C\Oc1ccc(C2OCC(C)(C)CO2)cc1OC. The van der Waals surface area contributed by atoms with E-state index in [9.17, 15) is 5.11 Å². The van der Waals surface area contributed by atoms with Crippen LogP contribution in [-0.2, 0) is 14.2 Å². The Labute approximate surface area is 130 Å². The minimum absolute atomic E-state index is 0.0200. The minimum atomic E-state index is -0.418. The van der Waals surface area contributed by atoms with Crippen molar-refractivity contribution in [3.05, 3.63) is 36.0 Å². The molecule has 0 saturated carbocycles. The summed E-state index contributed by atoms with van der Waals surface area (Å²) in [5.41, 5.74) is 0.867. The van der Waals surface area contributed by atoms with Crippen molar-refractivity contribution in [2.75, 3.05) is 27.4 Å². The van der Waals surface area contributed by atoms with E-state index in [4.69, 9.17) is 18.9 Å². The molecule has 122 valence electrons. The molecular weight excluding hydrogens is 288 g/mol. The average molecular weight is 310 g/mol. The summed E-state index contributed by atoms with van der Waals surface area (Å²) in [6.07, 6.45) is 0.673. The first kappa shape index (κ1) is 16.5. The molecule has 1 heterocycles. The molecule has 1 saturated heterocycles. The Kier molecular flexibility index (Phi) is 5.15. The quantitative estimate of drug-likeness (QED) is 0.843. The van der Waals surface area contributed by atoms with E-state index in [1.54, 1.807) is 12.1 Å². The van der Waals surface area contributed by atoms with E-state index in [-0.39, 0.29) is 11.4 Å².